The summed E-state index contributed by atoms with van der Waals surface area (Å²) in [5.74, 6) is 1.56. The minimum atomic E-state index is 0.750. The summed E-state index contributed by atoms with van der Waals surface area (Å²) in [4.78, 5) is 0. The lowest BCUT2D eigenvalue weighted by Crippen LogP contribution is -2.03. The second-order valence-corrected chi connectivity index (χ2v) is 3.58. The van der Waals surface area contributed by atoms with Crippen molar-refractivity contribution in [2.75, 3.05) is 0 Å². The molecule has 0 aromatic rings. The van der Waals surface area contributed by atoms with E-state index in [9.17, 15) is 0 Å². The number of rotatable bonds is 4. The Morgan fingerprint density at radius 2 is 1.90 bits per heavy atom. The lowest BCUT2D eigenvalue weighted by molar-refractivity contribution is 0.448. The third-order valence-electron chi connectivity index (χ3n) is 1.95. The predicted molar refractivity (Wildman–Crippen MR) is 48.1 cm³/mol. The summed E-state index contributed by atoms with van der Waals surface area (Å²) in [5, 5.41) is 0. The molecule has 0 radical (unpaired) electrons. The van der Waals surface area contributed by atoms with E-state index in [1.165, 1.54) is 18.4 Å². The van der Waals surface area contributed by atoms with Crippen molar-refractivity contribution in [3.8, 4) is 0 Å². The average molecular weight is 140 g/mol. The van der Waals surface area contributed by atoms with Gasteiger partial charge in [-0.05, 0) is 31.6 Å². The first-order valence-electron chi connectivity index (χ1n) is 4.23. The molecule has 10 heavy (non-hydrogen) atoms. The molecule has 60 valence electrons. The van der Waals surface area contributed by atoms with Crippen LogP contribution in [0.25, 0.3) is 0 Å². The zero-order chi connectivity index (χ0) is 8.15. The highest BCUT2D eigenvalue weighted by Crippen LogP contribution is 2.21. The standard InChI is InChI=1S/C10H20/c1-6-10(9(4)5)7-8(2)3/h8,10H,4,6-7H2,1-3,5H3. The fraction of sp³-hybridized carbons (Fsp3) is 0.800. The van der Waals surface area contributed by atoms with Gasteiger partial charge in [0.2, 0.25) is 0 Å². The van der Waals surface area contributed by atoms with Gasteiger partial charge in [-0.3, -0.25) is 0 Å². The Morgan fingerprint density at radius 3 is 2.00 bits per heavy atom. The summed E-state index contributed by atoms with van der Waals surface area (Å²) in [6.45, 7) is 12.9. The second kappa shape index (κ2) is 4.54. The van der Waals surface area contributed by atoms with Crippen LogP contribution < -0.4 is 0 Å². The molecule has 0 aromatic heterocycles. The Labute approximate surface area is 65.3 Å². The minimum absolute atomic E-state index is 0.750. The van der Waals surface area contributed by atoms with Crippen molar-refractivity contribution in [3.05, 3.63) is 12.2 Å². The molecule has 0 amide bonds. The van der Waals surface area contributed by atoms with Crippen molar-refractivity contribution in [2.45, 2.75) is 40.5 Å². The van der Waals surface area contributed by atoms with Crippen LogP contribution in [-0.4, -0.2) is 0 Å². The van der Waals surface area contributed by atoms with Crippen LogP contribution in [0.2, 0.25) is 0 Å². The van der Waals surface area contributed by atoms with E-state index in [1.807, 2.05) is 0 Å². The van der Waals surface area contributed by atoms with Gasteiger partial charge in [-0.2, -0.15) is 0 Å². The van der Waals surface area contributed by atoms with Crippen molar-refractivity contribution in [1.82, 2.24) is 0 Å². The van der Waals surface area contributed by atoms with Gasteiger partial charge in [-0.15, -0.1) is 0 Å². The molecule has 0 fully saturated rings. The van der Waals surface area contributed by atoms with Crippen LogP contribution in [0.5, 0.6) is 0 Å². The first-order valence-corrected chi connectivity index (χ1v) is 4.23. The van der Waals surface area contributed by atoms with Gasteiger partial charge in [0.15, 0.2) is 0 Å². The van der Waals surface area contributed by atoms with Crippen molar-refractivity contribution >= 4 is 0 Å². The number of hydrogen-bond donors (Lipinski definition) is 0. The molecular formula is C10H20. The van der Waals surface area contributed by atoms with Crippen LogP contribution in [0.1, 0.15) is 40.5 Å². The van der Waals surface area contributed by atoms with Gasteiger partial charge < -0.3 is 0 Å². The maximum absolute atomic E-state index is 3.98. The third-order valence-corrected chi connectivity index (χ3v) is 1.95. The zero-order valence-corrected chi connectivity index (χ0v) is 7.78. The summed E-state index contributed by atoms with van der Waals surface area (Å²) >= 11 is 0. The monoisotopic (exact) mass is 140 g/mol. The highest BCUT2D eigenvalue weighted by atomic mass is 14.1. The van der Waals surface area contributed by atoms with E-state index >= 15 is 0 Å². The molecule has 0 aliphatic rings. The van der Waals surface area contributed by atoms with Crippen molar-refractivity contribution in [2.24, 2.45) is 11.8 Å². The molecule has 0 rings (SSSR count). The smallest absolute Gasteiger partial charge is 0.0209 e. The Hall–Kier alpha value is -0.260. The van der Waals surface area contributed by atoms with E-state index < -0.39 is 0 Å². The van der Waals surface area contributed by atoms with E-state index in [1.54, 1.807) is 0 Å². The largest absolute Gasteiger partial charge is 0.0999 e. The molecule has 0 aromatic carbocycles. The van der Waals surface area contributed by atoms with E-state index in [-0.39, 0.29) is 0 Å². The van der Waals surface area contributed by atoms with Crippen molar-refractivity contribution in [1.29, 1.82) is 0 Å². The number of hydrogen-bond acceptors (Lipinski definition) is 0. The third kappa shape index (κ3) is 3.71. The molecule has 0 saturated heterocycles. The zero-order valence-electron chi connectivity index (χ0n) is 7.78. The van der Waals surface area contributed by atoms with E-state index in [4.69, 9.17) is 0 Å². The minimum Gasteiger partial charge on any atom is -0.0999 e. The molecule has 1 unspecified atom stereocenters. The predicted octanol–water partition coefficient (Wildman–Crippen LogP) is 3.63. The highest BCUT2D eigenvalue weighted by molar-refractivity contribution is 4.95. The molecule has 0 nitrogen and oxygen atoms in total. The van der Waals surface area contributed by atoms with Crippen molar-refractivity contribution < 1.29 is 0 Å². The highest BCUT2D eigenvalue weighted by Gasteiger charge is 2.07. The van der Waals surface area contributed by atoms with Crippen LogP contribution in [0.4, 0.5) is 0 Å². The molecule has 0 heteroatoms. The molecular weight excluding hydrogens is 120 g/mol. The van der Waals surface area contributed by atoms with Crippen LogP contribution in [0, 0.1) is 11.8 Å². The summed E-state index contributed by atoms with van der Waals surface area (Å²) < 4.78 is 0. The fourth-order valence-electron chi connectivity index (χ4n) is 1.29. The van der Waals surface area contributed by atoms with Crippen molar-refractivity contribution in [3.63, 3.8) is 0 Å². The van der Waals surface area contributed by atoms with Gasteiger partial charge in [0, 0.05) is 0 Å². The second-order valence-electron chi connectivity index (χ2n) is 3.58. The van der Waals surface area contributed by atoms with Crippen LogP contribution >= 0.6 is 0 Å². The van der Waals surface area contributed by atoms with E-state index in [2.05, 4.69) is 34.3 Å². The molecule has 0 spiro atoms. The summed E-state index contributed by atoms with van der Waals surface area (Å²) in [6.07, 6.45) is 2.54. The molecule has 0 aliphatic carbocycles. The average Bonchev–Trinajstić information content (AvgIpc) is 1.81. The first-order chi connectivity index (χ1) is 4.57. The van der Waals surface area contributed by atoms with Gasteiger partial charge in [-0.25, -0.2) is 0 Å². The maximum atomic E-state index is 3.98. The van der Waals surface area contributed by atoms with Crippen LogP contribution in [-0.2, 0) is 0 Å². The maximum Gasteiger partial charge on any atom is -0.0209 e. The number of allylic oxidation sites excluding steroid dienone is 1. The topological polar surface area (TPSA) is 0 Å². The fourth-order valence-corrected chi connectivity index (χ4v) is 1.29. The summed E-state index contributed by atoms with van der Waals surface area (Å²) in [6, 6.07) is 0. The Kier molecular flexibility index (Phi) is 4.42. The summed E-state index contributed by atoms with van der Waals surface area (Å²) in [7, 11) is 0. The lowest BCUT2D eigenvalue weighted by Gasteiger charge is -2.16. The van der Waals surface area contributed by atoms with Crippen LogP contribution in [0.15, 0.2) is 12.2 Å². The normalized spacial score (nSPS) is 13.7. The van der Waals surface area contributed by atoms with E-state index in [0.717, 1.165) is 11.8 Å². The molecule has 0 saturated carbocycles. The molecule has 0 aliphatic heterocycles. The van der Waals surface area contributed by atoms with Gasteiger partial charge in [0.1, 0.15) is 0 Å². The SMILES string of the molecule is C=C(C)C(CC)CC(C)C. The quantitative estimate of drug-likeness (QED) is 0.523. The van der Waals surface area contributed by atoms with Gasteiger partial charge in [-0.1, -0.05) is 32.9 Å². The Bertz CT molecular complexity index is 101. The Morgan fingerprint density at radius 1 is 1.40 bits per heavy atom. The first kappa shape index (κ1) is 9.74. The van der Waals surface area contributed by atoms with Gasteiger partial charge >= 0.3 is 0 Å². The molecule has 0 heterocycles. The Balaban J connectivity index is 3.72. The van der Waals surface area contributed by atoms with E-state index in [0.29, 0.717) is 0 Å². The van der Waals surface area contributed by atoms with Crippen LogP contribution in [0.3, 0.4) is 0 Å². The lowest BCUT2D eigenvalue weighted by atomic mass is 9.90. The molecule has 1 atom stereocenters. The summed E-state index contributed by atoms with van der Waals surface area (Å²) in [5.41, 5.74) is 1.34. The molecule has 0 bridgehead atoms. The van der Waals surface area contributed by atoms with Gasteiger partial charge in [0.25, 0.3) is 0 Å². The van der Waals surface area contributed by atoms with Gasteiger partial charge in [0.05, 0.1) is 0 Å². The molecule has 0 N–H and O–H groups in total.